The number of rotatable bonds is 9. The van der Waals surface area contributed by atoms with E-state index in [1.165, 1.54) is 28.4 Å². The number of pyridine rings is 1. The van der Waals surface area contributed by atoms with Crippen molar-refractivity contribution in [3.63, 3.8) is 0 Å². The van der Waals surface area contributed by atoms with E-state index >= 15 is 0 Å². The van der Waals surface area contributed by atoms with Gasteiger partial charge in [0.1, 0.15) is 5.75 Å². The van der Waals surface area contributed by atoms with Crippen LogP contribution in [0.5, 0.6) is 11.5 Å². The summed E-state index contributed by atoms with van der Waals surface area (Å²) in [7, 11) is -1.49. The molecule has 1 atom stereocenters. The molecule has 49 heavy (non-hydrogen) atoms. The number of aliphatic hydroxyl groups excluding tert-OH is 1. The van der Waals surface area contributed by atoms with E-state index in [0.717, 1.165) is 46.0 Å². The Bertz CT molecular complexity index is 1820. The maximum atomic E-state index is 12.2. The van der Waals surface area contributed by atoms with Crippen molar-refractivity contribution in [2.24, 2.45) is 17.3 Å². The molecule has 9 heteroatoms. The van der Waals surface area contributed by atoms with Crippen LogP contribution in [0.4, 0.5) is 13.2 Å². The average Bonchev–Trinajstić information content (AvgIpc) is 2.99. The Kier molecular flexibility index (Phi) is 13.1. The summed E-state index contributed by atoms with van der Waals surface area (Å²) in [5, 5.41) is 15.8. The first-order valence-corrected chi connectivity index (χ1v) is 20.5. The van der Waals surface area contributed by atoms with Gasteiger partial charge in [0.05, 0.1) is 26.0 Å². The minimum Gasteiger partial charge on any atom is -0.512 e. The minimum absolute atomic E-state index is 0. The number of hydrogen-bond donors (Lipinski definition) is 1. The van der Waals surface area contributed by atoms with Gasteiger partial charge in [-0.1, -0.05) is 107 Å². The summed E-state index contributed by atoms with van der Waals surface area (Å²) in [5.41, 5.74) is 3.38. The Labute approximate surface area is 303 Å². The number of hydrogen-bond acceptors (Lipinski definition) is 4. The third-order valence-corrected chi connectivity index (χ3v) is 10.9. The molecule has 5 rings (SSSR count). The van der Waals surface area contributed by atoms with E-state index in [9.17, 15) is 23.1 Å². The van der Waals surface area contributed by atoms with E-state index in [-0.39, 0.29) is 43.6 Å². The molecule has 1 unspecified atom stereocenters. The second-order valence-electron chi connectivity index (χ2n) is 15.1. The number of nitrogens with zero attached hydrogens (tertiary/aromatic N) is 1. The molecule has 0 amide bonds. The van der Waals surface area contributed by atoms with Gasteiger partial charge >= 0.3 is 6.18 Å². The van der Waals surface area contributed by atoms with Gasteiger partial charge in [0.2, 0.25) is 0 Å². The van der Waals surface area contributed by atoms with Crippen LogP contribution in [-0.4, -0.2) is 30.1 Å². The zero-order valence-corrected chi connectivity index (χ0v) is 33.5. The molecule has 0 saturated heterocycles. The normalized spacial score (nSPS) is 13.7. The average molecular weight is 869 g/mol. The largest absolute Gasteiger partial charge is 0.512 e. The van der Waals surface area contributed by atoms with E-state index in [0.29, 0.717) is 12.8 Å². The summed E-state index contributed by atoms with van der Waals surface area (Å²) in [6, 6.07) is 18.9. The summed E-state index contributed by atoms with van der Waals surface area (Å²) < 4.78 is 43.5. The molecule has 1 N–H and O–H groups in total. The maximum absolute atomic E-state index is 12.2. The Morgan fingerprint density at radius 2 is 1.63 bits per heavy atom. The van der Waals surface area contributed by atoms with E-state index in [4.69, 9.17) is 9.72 Å². The first-order valence-electron chi connectivity index (χ1n) is 17.0. The summed E-state index contributed by atoms with van der Waals surface area (Å²) >= 11 is 0. The van der Waals surface area contributed by atoms with Crippen molar-refractivity contribution in [1.82, 2.24) is 4.98 Å². The molecule has 4 aromatic rings. The number of allylic oxidation sites excluding steroid dienone is 2. The Balaban J connectivity index is 0.000000298. The molecule has 267 valence electrons. The number of alkyl halides is 3. The van der Waals surface area contributed by atoms with Gasteiger partial charge in [-0.2, -0.15) is 13.2 Å². The van der Waals surface area contributed by atoms with Crippen LogP contribution in [-0.2, 0) is 31.3 Å². The molecule has 3 aromatic carbocycles. The fraction of sp³-hybridized carbons (Fsp3) is 0.450. The number of carbonyl (C=O) groups excluding carboxylic acids is 1. The van der Waals surface area contributed by atoms with Crippen LogP contribution >= 0.6 is 0 Å². The number of ether oxygens (including phenoxy) is 1. The number of ketones is 1. The van der Waals surface area contributed by atoms with Crippen LogP contribution in [0.15, 0.2) is 60.5 Å². The molecule has 1 radical (unpaired) electrons. The van der Waals surface area contributed by atoms with Crippen molar-refractivity contribution in [2.45, 2.75) is 99.5 Å². The standard InChI is InChI=1S/C27H28NOSi.C13H21F3O2.Ir/c1-27(2,3)16-22-20-10-8-7-9-17(20)14-21-25-24-18(11-12-28-25)13-19(30(4,5)6)15-23(24)29-26(21)22;1-4-9(5-2)11(17)7-12(18)10(6-3)8-13(14,15)16;/h7-13,15H,16H2,1-6H3;7,9-10,17H,4-6,8H2,1-3H3;/q-1;;/b;11-7-;. The fourth-order valence-corrected chi connectivity index (χ4v) is 7.36. The Morgan fingerprint density at radius 3 is 2.20 bits per heavy atom. The van der Waals surface area contributed by atoms with E-state index in [1.54, 1.807) is 0 Å². The second kappa shape index (κ2) is 15.9. The van der Waals surface area contributed by atoms with Crippen LogP contribution in [0, 0.1) is 23.3 Å². The molecule has 0 spiro atoms. The van der Waals surface area contributed by atoms with Crippen LogP contribution in [0.2, 0.25) is 19.6 Å². The molecule has 0 aliphatic carbocycles. The third-order valence-electron chi connectivity index (χ3n) is 8.93. The predicted molar refractivity (Wildman–Crippen MR) is 194 cm³/mol. The van der Waals surface area contributed by atoms with Gasteiger partial charge in [-0.15, -0.1) is 17.5 Å². The van der Waals surface area contributed by atoms with Crippen LogP contribution in [0.25, 0.3) is 32.8 Å². The smallest absolute Gasteiger partial charge is 0.389 e. The van der Waals surface area contributed by atoms with Gasteiger partial charge in [0.25, 0.3) is 0 Å². The Hall–Kier alpha value is -3.00. The molecule has 1 aromatic heterocycles. The molecule has 1 aliphatic rings. The molecular weight excluding hydrogens is 820 g/mol. The minimum atomic E-state index is -4.35. The number of benzene rings is 3. The van der Waals surface area contributed by atoms with Crippen LogP contribution < -0.4 is 9.92 Å². The van der Waals surface area contributed by atoms with Crippen molar-refractivity contribution in [3.8, 4) is 22.8 Å². The molecule has 0 bridgehead atoms. The molecule has 0 fully saturated rings. The van der Waals surface area contributed by atoms with Crippen molar-refractivity contribution in [2.75, 3.05) is 0 Å². The molecular formula is C40H49F3IrNO3Si-. The number of halogens is 3. The summed E-state index contributed by atoms with van der Waals surface area (Å²) in [5.74, 6) is -0.119. The van der Waals surface area contributed by atoms with Gasteiger partial charge in [-0.3, -0.25) is 9.78 Å². The first-order chi connectivity index (χ1) is 22.4. The number of fused-ring (bicyclic) bond motifs is 3. The molecule has 2 heterocycles. The van der Waals surface area contributed by atoms with Crippen molar-refractivity contribution >= 4 is 40.6 Å². The van der Waals surface area contributed by atoms with Crippen molar-refractivity contribution in [3.05, 3.63) is 72.1 Å². The number of aliphatic hydroxyl groups is 1. The molecule has 0 saturated carbocycles. The Morgan fingerprint density at radius 1 is 1.00 bits per heavy atom. The van der Waals surface area contributed by atoms with Crippen LogP contribution in [0.3, 0.4) is 0 Å². The predicted octanol–water partition coefficient (Wildman–Crippen LogP) is 11.5. The van der Waals surface area contributed by atoms with E-state index in [2.05, 4.69) is 88.9 Å². The van der Waals surface area contributed by atoms with Crippen molar-refractivity contribution < 1.29 is 47.9 Å². The summed E-state index contributed by atoms with van der Waals surface area (Å²) in [6.07, 6.45) is -0.225. The van der Waals surface area contributed by atoms with Gasteiger partial charge in [-0.05, 0) is 48.6 Å². The number of carbonyl (C=O) groups is 1. The zero-order valence-electron chi connectivity index (χ0n) is 30.1. The van der Waals surface area contributed by atoms with E-state index in [1.807, 2.05) is 20.0 Å². The molecule has 4 nitrogen and oxygen atoms in total. The maximum Gasteiger partial charge on any atom is 0.389 e. The monoisotopic (exact) mass is 869 g/mol. The second-order valence-corrected chi connectivity index (χ2v) is 20.2. The third kappa shape index (κ3) is 9.83. The SMILES string of the molecule is CC(C)(C)Cc1c2c([c-]c3ccccc13)-c1nccc3cc([Si](C)(C)C)cc(c13)O2.CCC(CC(F)(F)F)C(=O)/C=C(\O)C(CC)CC.[Ir]. The van der Waals surface area contributed by atoms with Crippen LogP contribution in [0.1, 0.15) is 72.8 Å². The van der Waals surface area contributed by atoms with Gasteiger partial charge < -0.3 is 9.84 Å². The topological polar surface area (TPSA) is 59.4 Å². The van der Waals surface area contributed by atoms with Gasteiger partial charge in [0, 0.05) is 55.3 Å². The first kappa shape index (κ1) is 40.4. The van der Waals surface area contributed by atoms with Gasteiger partial charge in [0.15, 0.2) is 5.78 Å². The fourth-order valence-electron chi connectivity index (χ4n) is 6.21. The summed E-state index contributed by atoms with van der Waals surface area (Å²) in [6.45, 7) is 19.2. The zero-order chi connectivity index (χ0) is 35.6. The number of aromatic nitrogens is 1. The van der Waals surface area contributed by atoms with Gasteiger partial charge in [-0.25, -0.2) is 0 Å². The quantitative estimate of drug-likeness (QED) is 0.0694. The molecule has 1 aliphatic heterocycles. The van der Waals surface area contributed by atoms with E-state index < -0.39 is 32.4 Å². The summed E-state index contributed by atoms with van der Waals surface area (Å²) in [4.78, 5) is 16.5. The van der Waals surface area contributed by atoms with Crippen molar-refractivity contribution in [1.29, 1.82) is 0 Å².